The SMILES string of the molecule is C=C[C@H](N)c1c(F)cc(F)cc1OC. The van der Waals surface area contributed by atoms with Gasteiger partial charge in [-0.2, -0.15) is 0 Å². The molecular weight excluding hydrogens is 188 g/mol. The average molecular weight is 199 g/mol. The summed E-state index contributed by atoms with van der Waals surface area (Å²) in [4.78, 5) is 0. The van der Waals surface area contributed by atoms with Crippen molar-refractivity contribution in [3.63, 3.8) is 0 Å². The molecule has 0 bridgehead atoms. The van der Waals surface area contributed by atoms with Gasteiger partial charge >= 0.3 is 0 Å². The second-order valence-electron chi connectivity index (χ2n) is 2.77. The number of nitrogens with two attached hydrogens (primary N) is 1. The molecule has 0 aliphatic heterocycles. The van der Waals surface area contributed by atoms with E-state index in [1.54, 1.807) is 0 Å². The zero-order valence-electron chi connectivity index (χ0n) is 7.76. The second kappa shape index (κ2) is 4.19. The van der Waals surface area contributed by atoms with Crippen LogP contribution >= 0.6 is 0 Å². The lowest BCUT2D eigenvalue weighted by Crippen LogP contribution is -2.11. The van der Waals surface area contributed by atoms with Gasteiger partial charge in [0.05, 0.1) is 18.7 Å². The second-order valence-corrected chi connectivity index (χ2v) is 2.77. The standard InChI is InChI=1S/C10H11F2NO/c1-3-8(13)10-7(12)4-6(11)5-9(10)14-2/h3-5,8H,1,13H2,2H3/t8-/m0/s1. The summed E-state index contributed by atoms with van der Waals surface area (Å²) in [5.41, 5.74) is 5.68. The fraction of sp³-hybridized carbons (Fsp3) is 0.200. The molecule has 0 spiro atoms. The van der Waals surface area contributed by atoms with Gasteiger partial charge in [-0.25, -0.2) is 8.78 Å². The van der Waals surface area contributed by atoms with Crippen molar-refractivity contribution in [2.24, 2.45) is 5.73 Å². The van der Waals surface area contributed by atoms with Crippen molar-refractivity contribution in [1.29, 1.82) is 0 Å². The highest BCUT2D eigenvalue weighted by molar-refractivity contribution is 5.39. The Balaban J connectivity index is 3.31. The number of hydrogen-bond donors (Lipinski definition) is 1. The quantitative estimate of drug-likeness (QED) is 0.757. The molecular formula is C10H11F2NO. The summed E-state index contributed by atoms with van der Waals surface area (Å²) < 4.78 is 30.9. The number of methoxy groups -OCH3 is 1. The molecule has 0 aromatic heterocycles. The summed E-state index contributed by atoms with van der Waals surface area (Å²) in [7, 11) is 1.33. The van der Waals surface area contributed by atoms with E-state index in [2.05, 4.69) is 6.58 Å². The molecule has 0 aliphatic carbocycles. The third kappa shape index (κ3) is 1.90. The summed E-state index contributed by atoms with van der Waals surface area (Å²) in [6.45, 7) is 3.43. The van der Waals surface area contributed by atoms with E-state index in [9.17, 15) is 8.78 Å². The predicted octanol–water partition coefficient (Wildman–Crippen LogP) is 2.16. The van der Waals surface area contributed by atoms with Gasteiger partial charge in [0.15, 0.2) is 0 Å². The maximum absolute atomic E-state index is 13.3. The summed E-state index contributed by atoms with van der Waals surface area (Å²) in [5, 5.41) is 0. The minimum Gasteiger partial charge on any atom is -0.496 e. The minimum atomic E-state index is -0.728. The van der Waals surface area contributed by atoms with Crippen LogP contribution in [0.5, 0.6) is 5.75 Å². The van der Waals surface area contributed by atoms with Crippen molar-refractivity contribution in [3.05, 3.63) is 42.0 Å². The number of rotatable bonds is 3. The largest absolute Gasteiger partial charge is 0.496 e. The Morgan fingerprint density at radius 2 is 2.14 bits per heavy atom. The van der Waals surface area contributed by atoms with Crippen LogP contribution in [0.4, 0.5) is 8.78 Å². The zero-order chi connectivity index (χ0) is 10.7. The Kier molecular flexibility index (Phi) is 3.19. The highest BCUT2D eigenvalue weighted by Crippen LogP contribution is 2.28. The first-order chi connectivity index (χ1) is 6.60. The van der Waals surface area contributed by atoms with Crippen LogP contribution < -0.4 is 10.5 Å². The Morgan fingerprint density at radius 1 is 1.50 bits per heavy atom. The van der Waals surface area contributed by atoms with E-state index in [0.717, 1.165) is 12.1 Å². The van der Waals surface area contributed by atoms with Crippen LogP contribution in [0.1, 0.15) is 11.6 Å². The molecule has 0 unspecified atom stereocenters. The van der Waals surface area contributed by atoms with Crippen molar-refractivity contribution >= 4 is 0 Å². The minimum absolute atomic E-state index is 0.0925. The van der Waals surface area contributed by atoms with E-state index in [1.807, 2.05) is 0 Å². The van der Waals surface area contributed by atoms with Gasteiger partial charge in [0.1, 0.15) is 17.4 Å². The molecule has 14 heavy (non-hydrogen) atoms. The number of benzene rings is 1. The first-order valence-corrected chi connectivity index (χ1v) is 4.01. The number of halogens is 2. The van der Waals surface area contributed by atoms with E-state index < -0.39 is 17.7 Å². The molecule has 0 aliphatic rings. The highest BCUT2D eigenvalue weighted by atomic mass is 19.1. The van der Waals surface area contributed by atoms with Crippen molar-refractivity contribution in [2.45, 2.75) is 6.04 Å². The fourth-order valence-electron chi connectivity index (χ4n) is 1.17. The lowest BCUT2D eigenvalue weighted by atomic mass is 10.1. The molecule has 1 aromatic carbocycles. The average Bonchev–Trinajstić information content (AvgIpc) is 2.15. The van der Waals surface area contributed by atoms with Gasteiger partial charge in [-0.1, -0.05) is 6.08 Å². The maximum Gasteiger partial charge on any atom is 0.134 e. The Morgan fingerprint density at radius 3 is 2.64 bits per heavy atom. The summed E-state index contributed by atoms with van der Waals surface area (Å²) in [6.07, 6.45) is 1.36. The van der Waals surface area contributed by atoms with E-state index in [4.69, 9.17) is 10.5 Å². The molecule has 1 atom stereocenters. The number of hydrogen-bond acceptors (Lipinski definition) is 2. The van der Waals surface area contributed by atoms with E-state index >= 15 is 0 Å². The predicted molar refractivity (Wildman–Crippen MR) is 50.0 cm³/mol. The van der Waals surface area contributed by atoms with Gasteiger partial charge in [-0.3, -0.25) is 0 Å². The van der Waals surface area contributed by atoms with Crippen molar-refractivity contribution in [3.8, 4) is 5.75 Å². The van der Waals surface area contributed by atoms with Gasteiger partial charge < -0.3 is 10.5 Å². The first-order valence-electron chi connectivity index (χ1n) is 4.01. The molecule has 4 heteroatoms. The van der Waals surface area contributed by atoms with Gasteiger partial charge in [0, 0.05) is 12.1 Å². The smallest absolute Gasteiger partial charge is 0.134 e. The molecule has 2 N–H and O–H groups in total. The van der Waals surface area contributed by atoms with E-state index in [-0.39, 0.29) is 11.3 Å². The topological polar surface area (TPSA) is 35.2 Å². The third-order valence-corrected chi connectivity index (χ3v) is 1.86. The maximum atomic E-state index is 13.3. The third-order valence-electron chi connectivity index (χ3n) is 1.86. The first kappa shape index (κ1) is 10.7. The molecule has 0 heterocycles. The van der Waals surface area contributed by atoms with Crippen LogP contribution in [0.25, 0.3) is 0 Å². The van der Waals surface area contributed by atoms with Crippen molar-refractivity contribution in [2.75, 3.05) is 7.11 Å². The lowest BCUT2D eigenvalue weighted by Gasteiger charge is -2.13. The molecule has 1 rings (SSSR count). The van der Waals surface area contributed by atoms with Crippen LogP contribution in [0.15, 0.2) is 24.8 Å². The van der Waals surface area contributed by atoms with E-state index in [1.165, 1.54) is 13.2 Å². The summed E-state index contributed by atoms with van der Waals surface area (Å²) in [6, 6.07) is 1.15. The lowest BCUT2D eigenvalue weighted by molar-refractivity contribution is 0.397. The molecule has 0 saturated carbocycles. The van der Waals surface area contributed by atoms with Crippen molar-refractivity contribution < 1.29 is 13.5 Å². The van der Waals surface area contributed by atoms with Crippen LogP contribution in [0.3, 0.4) is 0 Å². The van der Waals surface area contributed by atoms with Crippen molar-refractivity contribution in [1.82, 2.24) is 0 Å². The molecule has 76 valence electrons. The molecule has 0 fully saturated rings. The zero-order valence-corrected chi connectivity index (χ0v) is 7.76. The highest BCUT2D eigenvalue weighted by Gasteiger charge is 2.16. The van der Waals surface area contributed by atoms with Gasteiger partial charge in [-0.05, 0) is 0 Å². The normalized spacial score (nSPS) is 12.3. The van der Waals surface area contributed by atoms with Gasteiger partial charge in [-0.15, -0.1) is 6.58 Å². The molecule has 2 nitrogen and oxygen atoms in total. The van der Waals surface area contributed by atoms with Crippen LogP contribution in [-0.2, 0) is 0 Å². The van der Waals surface area contributed by atoms with Crippen LogP contribution in [-0.4, -0.2) is 7.11 Å². The van der Waals surface area contributed by atoms with Crippen LogP contribution in [0, 0.1) is 11.6 Å². The Bertz CT molecular complexity index is 352. The molecule has 1 aromatic rings. The summed E-state index contributed by atoms with van der Waals surface area (Å²) in [5.74, 6) is -1.33. The molecule has 0 saturated heterocycles. The van der Waals surface area contributed by atoms with Gasteiger partial charge in [0.2, 0.25) is 0 Å². The monoisotopic (exact) mass is 199 g/mol. The fourth-order valence-corrected chi connectivity index (χ4v) is 1.17. The Labute approximate surface area is 81.0 Å². The van der Waals surface area contributed by atoms with Gasteiger partial charge in [0.25, 0.3) is 0 Å². The Hall–Kier alpha value is -1.42. The molecule has 0 radical (unpaired) electrons. The van der Waals surface area contributed by atoms with E-state index in [0.29, 0.717) is 0 Å². The van der Waals surface area contributed by atoms with Crippen LogP contribution in [0.2, 0.25) is 0 Å². The number of ether oxygens (including phenoxy) is 1. The molecule has 0 amide bonds. The summed E-state index contributed by atoms with van der Waals surface area (Å²) >= 11 is 0.